The van der Waals surface area contributed by atoms with Gasteiger partial charge in [0.05, 0.1) is 6.42 Å². The molecular formula is C15H20O2. The zero-order valence-electron chi connectivity index (χ0n) is 10.8. The molecule has 2 heteroatoms. The van der Waals surface area contributed by atoms with Crippen molar-refractivity contribution < 1.29 is 9.53 Å². The molecule has 0 saturated carbocycles. The molecule has 0 aliphatic rings. The fourth-order valence-electron chi connectivity index (χ4n) is 1.49. The monoisotopic (exact) mass is 232 g/mol. The largest absolute Gasteiger partial charge is 0.461 e. The van der Waals surface area contributed by atoms with Gasteiger partial charge in [-0.3, -0.25) is 4.79 Å². The van der Waals surface area contributed by atoms with E-state index in [1.165, 1.54) is 5.56 Å². The van der Waals surface area contributed by atoms with Gasteiger partial charge in [0, 0.05) is 0 Å². The third-order valence-electron chi connectivity index (χ3n) is 2.53. The van der Waals surface area contributed by atoms with Crippen molar-refractivity contribution in [1.82, 2.24) is 0 Å². The lowest BCUT2D eigenvalue weighted by Gasteiger charge is -2.19. The third-order valence-corrected chi connectivity index (χ3v) is 2.53. The lowest BCUT2D eigenvalue weighted by atomic mass is 9.86. The van der Waals surface area contributed by atoms with Crippen molar-refractivity contribution in [1.29, 1.82) is 0 Å². The fourth-order valence-corrected chi connectivity index (χ4v) is 1.49. The molecule has 1 aromatic carbocycles. The van der Waals surface area contributed by atoms with Crippen LogP contribution in [-0.2, 0) is 21.4 Å². The Kier molecular flexibility index (Phi) is 4.50. The second-order valence-corrected chi connectivity index (χ2v) is 5.10. The van der Waals surface area contributed by atoms with E-state index in [0.29, 0.717) is 6.42 Å². The molecule has 0 heterocycles. The summed E-state index contributed by atoms with van der Waals surface area (Å²) in [5.74, 6) is -0.214. The number of benzene rings is 1. The minimum Gasteiger partial charge on any atom is -0.461 e. The van der Waals surface area contributed by atoms with Crippen LogP contribution in [0.1, 0.15) is 31.9 Å². The standard InChI is InChI=1S/C15H20O2/c1-5-10-17-14(16)11-12-6-8-13(9-7-12)15(2,3)4/h5-9H,1,10-11H2,2-4H3. The van der Waals surface area contributed by atoms with Gasteiger partial charge in [0.25, 0.3) is 0 Å². The molecule has 1 aromatic rings. The molecule has 0 saturated heterocycles. The Morgan fingerprint density at radius 1 is 1.29 bits per heavy atom. The lowest BCUT2D eigenvalue weighted by molar-refractivity contribution is -0.141. The minimum atomic E-state index is -0.214. The minimum absolute atomic E-state index is 0.141. The fraction of sp³-hybridized carbons (Fsp3) is 0.400. The number of carbonyl (C=O) groups excluding carboxylic acids is 1. The molecule has 0 aliphatic carbocycles. The molecule has 0 aromatic heterocycles. The van der Waals surface area contributed by atoms with Crippen LogP contribution in [0.4, 0.5) is 0 Å². The summed E-state index contributed by atoms with van der Waals surface area (Å²) in [4.78, 5) is 11.4. The SMILES string of the molecule is C=CCOC(=O)Cc1ccc(C(C)(C)C)cc1. The Morgan fingerprint density at radius 2 is 1.88 bits per heavy atom. The molecular weight excluding hydrogens is 212 g/mol. The normalized spacial score (nSPS) is 11.0. The lowest BCUT2D eigenvalue weighted by Crippen LogP contribution is -2.11. The summed E-state index contributed by atoms with van der Waals surface area (Å²) in [5, 5.41) is 0. The molecule has 0 aliphatic heterocycles. The van der Waals surface area contributed by atoms with Crippen molar-refractivity contribution in [2.75, 3.05) is 6.61 Å². The highest BCUT2D eigenvalue weighted by Gasteiger charge is 2.13. The van der Waals surface area contributed by atoms with Crippen LogP contribution in [-0.4, -0.2) is 12.6 Å². The van der Waals surface area contributed by atoms with E-state index in [9.17, 15) is 4.79 Å². The summed E-state index contributed by atoms with van der Waals surface area (Å²) in [5.41, 5.74) is 2.38. The third kappa shape index (κ3) is 4.43. The summed E-state index contributed by atoms with van der Waals surface area (Å²) >= 11 is 0. The summed E-state index contributed by atoms with van der Waals surface area (Å²) in [6, 6.07) is 8.09. The molecule has 0 radical (unpaired) electrons. The van der Waals surface area contributed by atoms with Crippen LogP contribution in [0.5, 0.6) is 0 Å². The Hall–Kier alpha value is -1.57. The van der Waals surface area contributed by atoms with Gasteiger partial charge in [0.2, 0.25) is 0 Å². The van der Waals surface area contributed by atoms with Crippen LogP contribution in [0.15, 0.2) is 36.9 Å². The number of carbonyl (C=O) groups is 1. The van der Waals surface area contributed by atoms with Gasteiger partial charge in [-0.25, -0.2) is 0 Å². The van der Waals surface area contributed by atoms with Crippen LogP contribution in [0.2, 0.25) is 0 Å². The Labute approximate surface area is 103 Å². The summed E-state index contributed by atoms with van der Waals surface area (Å²) in [6.45, 7) is 10.3. The molecule has 0 unspecified atom stereocenters. The molecule has 92 valence electrons. The molecule has 0 amide bonds. The van der Waals surface area contributed by atoms with Crippen molar-refractivity contribution in [2.45, 2.75) is 32.6 Å². The average Bonchev–Trinajstić information content (AvgIpc) is 2.26. The van der Waals surface area contributed by atoms with Crippen LogP contribution < -0.4 is 0 Å². The van der Waals surface area contributed by atoms with E-state index in [0.717, 1.165) is 5.56 Å². The molecule has 0 N–H and O–H groups in total. The number of hydrogen-bond donors (Lipinski definition) is 0. The van der Waals surface area contributed by atoms with Crippen molar-refractivity contribution in [3.05, 3.63) is 48.0 Å². The molecule has 0 fully saturated rings. The Morgan fingerprint density at radius 3 is 2.35 bits per heavy atom. The molecule has 0 bridgehead atoms. The van der Waals surface area contributed by atoms with E-state index >= 15 is 0 Å². The average molecular weight is 232 g/mol. The van der Waals surface area contributed by atoms with Gasteiger partial charge < -0.3 is 4.74 Å². The second-order valence-electron chi connectivity index (χ2n) is 5.10. The maximum Gasteiger partial charge on any atom is 0.310 e. The van der Waals surface area contributed by atoms with Gasteiger partial charge in [-0.05, 0) is 16.5 Å². The zero-order valence-corrected chi connectivity index (χ0v) is 10.8. The van der Waals surface area contributed by atoms with Gasteiger partial charge in [-0.2, -0.15) is 0 Å². The van der Waals surface area contributed by atoms with Crippen LogP contribution in [0.3, 0.4) is 0 Å². The van der Waals surface area contributed by atoms with E-state index in [1.807, 2.05) is 12.1 Å². The molecule has 2 nitrogen and oxygen atoms in total. The Bertz CT molecular complexity index is 382. The van der Waals surface area contributed by atoms with Gasteiger partial charge in [0.1, 0.15) is 6.61 Å². The maximum atomic E-state index is 11.4. The highest BCUT2D eigenvalue weighted by atomic mass is 16.5. The maximum absolute atomic E-state index is 11.4. The van der Waals surface area contributed by atoms with Crippen molar-refractivity contribution in [3.63, 3.8) is 0 Å². The summed E-state index contributed by atoms with van der Waals surface area (Å²) in [6.07, 6.45) is 1.89. The van der Waals surface area contributed by atoms with E-state index in [4.69, 9.17) is 4.74 Å². The number of hydrogen-bond acceptors (Lipinski definition) is 2. The number of rotatable bonds is 4. The predicted molar refractivity (Wildman–Crippen MR) is 70.0 cm³/mol. The second kappa shape index (κ2) is 5.67. The predicted octanol–water partition coefficient (Wildman–Crippen LogP) is 3.26. The first kappa shape index (κ1) is 13.5. The first-order valence-electron chi connectivity index (χ1n) is 5.79. The Balaban J connectivity index is 2.62. The molecule has 0 spiro atoms. The van der Waals surface area contributed by atoms with Crippen LogP contribution in [0, 0.1) is 0 Å². The quantitative estimate of drug-likeness (QED) is 0.588. The van der Waals surface area contributed by atoms with Crippen LogP contribution in [0.25, 0.3) is 0 Å². The summed E-state index contributed by atoms with van der Waals surface area (Å²) in [7, 11) is 0. The first-order chi connectivity index (χ1) is 7.93. The highest BCUT2D eigenvalue weighted by molar-refractivity contribution is 5.72. The van der Waals surface area contributed by atoms with Gasteiger partial charge >= 0.3 is 5.97 Å². The molecule has 17 heavy (non-hydrogen) atoms. The smallest absolute Gasteiger partial charge is 0.310 e. The molecule has 0 atom stereocenters. The van der Waals surface area contributed by atoms with E-state index in [-0.39, 0.29) is 18.0 Å². The van der Waals surface area contributed by atoms with Crippen molar-refractivity contribution in [2.24, 2.45) is 0 Å². The van der Waals surface area contributed by atoms with E-state index in [2.05, 4.69) is 39.5 Å². The summed E-state index contributed by atoms with van der Waals surface area (Å²) < 4.78 is 4.94. The van der Waals surface area contributed by atoms with E-state index < -0.39 is 0 Å². The van der Waals surface area contributed by atoms with Crippen molar-refractivity contribution in [3.8, 4) is 0 Å². The van der Waals surface area contributed by atoms with Gasteiger partial charge in [-0.15, -0.1) is 0 Å². The number of ether oxygens (including phenoxy) is 1. The van der Waals surface area contributed by atoms with Crippen LogP contribution >= 0.6 is 0 Å². The van der Waals surface area contributed by atoms with Crippen molar-refractivity contribution >= 4 is 5.97 Å². The number of esters is 1. The van der Waals surface area contributed by atoms with Gasteiger partial charge in [-0.1, -0.05) is 57.7 Å². The molecule has 1 rings (SSSR count). The zero-order chi connectivity index (χ0) is 12.9. The van der Waals surface area contributed by atoms with Gasteiger partial charge in [0.15, 0.2) is 0 Å². The first-order valence-corrected chi connectivity index (χ1v) is 5.79. The highest BCUT2D eigenvalue weighted by Crippen LogP contribution is 2.22. The topological polar surface area (TPSA) is 26.3 Å². The van der Waals surface area contributed by atoms with E-state index in [1.54, 1.807) is 6.08 Å².